The molecule has 1 aliphatic rings. The Bertz CT molecular complexity index is 866. The number of nitrogens with zero attached hydrogens (tertiary/aromatic N) is 2. The molecule has 0 unspecified atom stereocenters. The Morgan fingerprint density at radius 2 is 1.88 bits per heavy atom. The lowest BCUT2D eigenvalue weighted by Gasteiger charge is -2.26. The molecular weight excluding hydrogens is 374 g/mol. The van der Waals surface area contributed by atoms with Gasteiger partial charge in [0.25, 0.3) is 0 Å². The number of morpholine rings is 1. The molecule has 3 rings (SSSR count). The summed E-state index contributed by atoms with van der Waals surface area (Å²) < 4.78 is 31.8. The number of ether oxygens (including phenoxy) is 1. The van der Waals surface area contributed by atoms with Crippen LogP contribution in [0.25, 0.3) is 0 Å². The van der Waals surface area contributed by atoms with Crippen LogP contribution in [0.1, 0.15) is 20.9 Å². The summed E-state index contributed by atoms with van der Waals surface area (Å²) >= 11 is 1.50. The van der Waals surface area contributed by atoms with Crippen LogP contribution < -0.4 is 5.32 Å². The number of carbonyl (C=O) groups is 1. The average Bonchev–Trinajstić information content (AvgIpc) is 2.98. The van der Waals surface area contributed by atoms with E-state index in [0.717, 1.165) is 10.6 Å². The second kappa shape index (κ2) is 7.83. The van der Waals surface area contributed by atoms with E-state index < -0.39 is 10.0 Å². The Morgan fingerprint density at radius 1 is 1.23 bits per heavy atom. The molecule has 140 valence electrons. The number of nitrogens with one attached hydrogen (secondary N) is 1. The monoisotopic (exact) mass is 395 g/mol. The number of Topliss-reactive ketones (excluding diaryl/α,β-unsaturated/α-hetero) is 1. The molecule has 2 aromatic rings. The molecule has 1 saturated heterocycles. The standard InChI is InChI=1S/C17H21N3O4S2/c1-12-13(2)25-17(19-12)18-11-16(21)14-3-5-15(6-4-14)26(22,23)20-7-9-24-10-8-20/h3-6H,7-11H2,1-2H3,(H,18,19). The summed E-state index contributed by atoms with van der Waals surface area (Å²) in [4.78, 5) is 17.9. The van der Waals surface area contributed by atoms with Gasteiger partial charge < -0.3 is 10.1 Å². The number of thiazole rings is 1. The minimum atomic E-state index is -3.54. The van der Waals surface area contributed by atoms with Crippen molar-refractivity contribution in [1.29, 1.82) is 0 Å². The molecular formula is C17H21N3O4S2. The van der Waals surface area contributed by atoms with Crippen molar-refractivity contribution in [3.8, 4) is 0 Å². The first-order valence-electron chi connectivity index (χ1n) is 8.27. The fourth-order valence-corrected chi connectivity index (χ4v) is 4.77. The smallest absolute Gasteiger partial charge is 0.243 e. The topological polar surface area (TPSA) is 88.6 Å². The highest BCUT2D eigenvalue weighted by molar-refractivity contribution is 7.89. The number of ketones is 1. The first kappa shape index (κ1) is 19.0. The van der Waals surface area contributed by atoms with Crippen molar-refractivity contribution in [2.45, 2.75) is 18.7 Å². The quantitative estimate of drug-likeness (QED) is 0.754. The van der Waals surface area contributed by atoms with E-state index in [1.807, 2.05) is 13.8 Å². The Labute approximate surface area is 157 Å². The Balaban J connectivity index is 1.65. The van der Waals surface area contributed by atoms with Gasteiger partial charge in [0.15, 0.2) is 10.9 Å². The number of anilines is 1. The third-order valence-corrected chi connectivity index (χ3v) is 7.16. The molecule has 0 spiro atoms. The van der Waals surface area contributed by atoms with Gasteiger partial charge in [-0.05, 0) is 38.1 Å². The molecule has 26 heavy (non-hydrogen) atoms. The maximum atomic E-state index is 12.6. The van der Waals surface area contributed by atoms with Crippen LogP contribution in [0.3, 0.4) is 0 Å². The molecule has 1 fully saturated rings. The maximum absolute atomic E-state index is 12.6. The van der Waals surface area contributed by atoms with Crippen molar-refractivity contribution >= 4 is 32.3 Å². The SMILES string of the molecule is Cc1nc(NCC(=O)c2ccc(S(=O)(=O)N3CCOCC3)cc2)sc1C. The van der Waals surface area contributed by atoms with Crippen molar-refractivity contribution in [3.63, 3.8) is 0 Å². The van der Waals surface area contributed by atoms with E-state index in [4.69, 9.17) is 4.74 Å². The zero-order valence-corrected chi connectivity index (χ0v) is 16.3. The summed E-state index contributed by atoms with van der Waals surface area (Å²) in [6.07, 6.45) is 0. The minimum absolute atomic E-state index is 0.113. The molecule has 0 saturated carbocycles. The average molecular weight is 396 g/mol. The summed E-state index contributed by atoms with van der Waals surface area (Å²) in [7, 11) is -3.54. The summed E-state index contributed by atoms with van der Waals surface area (Å²) in [5.41, 5.74) is 1.41. The second-order valence-electron chi connectivity index (χ2n) is 5.98. The van der Waals surface area contributed by atoms with Gasteiger partial charge in [0.05, 0.1) is 30.3 Å². The first-order chi connectivity index (χ1) is 12.4. The fourth-order valence-electron chi connectivity index (χ4n) is 2.56. The van der Waals surface area contributed by atoms with Crippen LogP contribution in [0, 0.1) is 13.8 Å². The fraction of sp³-hybridized carbons (Fsp3) is 0.412. The summed E-state index contributed by atoms with van der Waals surface area (Å²) in [6.45, 7) is 5.51. The molecule has 0 radical (unpaired) electrons. The third-order valence-electron chi connectivity index (χ3n) is 4.21. The van der Waals surface area contributed by atoms with E-state index in [1.54, 1.807) is 12.1 Å². The van der Waals surface area contributed by atoms with Gasteiger partial charge >= 0.3 is 0 Å². The molecule has 7 nitrogen and oxygen atoms in total. The zero-order chi connectivity index (χ0) is 18.7. The van der Waals surface area contributed by atoms with E-state index in [2.05, 4.69) is 10.3 Å². The minimum Gasteiger partial charge on any atom is -0.379 e. The number of aryl methyl sites for hydroxylation is 2. The van der Waals surface area contributed by atoms with Crippen molar-refractivity contribution in [1.82, 2.24) is 9.29 Å². The molecule has 9 heteroatoms. The Hall–Kier alpha value is -1.81. The van der Waals surface area contributed by atoms with Gasteiger partial charge in [0.2, 0.25) is 10.0 Å². The van der Waals surface area contributed by atoms with E-state index >= 15 is 0 Å². The lowest BCUT2D eigenvalue weighted by atomic mass is 10.1. The highest BCUT2D eigenvalue weighted by Gasteiger charge is 2.26. The molecule has 0 bridgehead atoms. The number of carbonyl (C=O) groups excluding carboxylic acids is 1. The highest BCUT2D eigenvalue weighted by Crippen LogP contribution is 2.21. The van der Waals surface area contributed by atoms with Gasteiger partial charge in [-0.3, -0.25) is 4.79 Å². The van der Waals surface area contributed by atoms with Gasteiger partial charge in [0.1, 0.15) is 0 Å². The number of aromatic nitrogens is 1. The summed E-state index contributed by atoms with van der Waals surface area (Å²) in [5, 5.41) is 3.73. The van der Waals surface area contributed by atoms with Gasteiger partial charge in [-0.2, -0.15) is 4.31 Å². The predicted molar refractivity (Wildman–Crippen MR) is 100 cm³/mol. The van der Waals surface area contributed by atoms with Crippen molar-refractivity contribution in [2.24, 2.45) is 0 Å². The van der Waals surface area contributed by atoms with Crippen LogP contribution >= 0.6 is 11.3 Å². The van der Waals surface area contributed by atoms with Crippen LogP contribution in [0.5, 0.6) is 0 Å². The molecule has 1 aromatic carbocycles. The van der Waals surface area contributed by atoms with Gasteiger partial charge in [-0.1, -0.05) is 0 Å². The van der Waals surface area contributed by atoms with Crippen molar-refractivity contribution in [2.75, 3.05) is 38.2 Å². The second-order valence-corrected chi connectivity index (χ2v) is 9.12. The van der Waals surface area contributed by atoms with Gasteiger partial charge in [-0.25, -0.2) is 13.4 Å². The van der Waals surface area contributed by atoms with Crippen LogP contribution in [-0.4, -0.2) is 56.3 Å². The van der Waals surface area contributed by atoms with Crippen LogP contribution in [0.2, 0.25) is 0 Å². The number of sulfonamides is 1. The summed E-state index contributed by atoms with van der Waals surface area (Å²) in [5.74, 6) is -0.120. The van der Waals surface area contributed by atoms with Gasteiger partial charge in [0, 0.05) is 23.5 Å². The van der Waals surface area contributed by atoms with Crippen molar-refractivity contribution in [3.05, 3.63) is 40.4 Å². The zero-order valence-electron chi connectivity index (χ0n) is 14.7. The van der Waals surface area contributed by atoms with E-state index in [9.17, 15) is 13.2 Å². The lowest BCUT2D eigenvalue weighted by Crippen LogP contribution is -2.40. The summed E-state index contributed by atoms with van der Waals surface area (Å²) in [6, 6.07) is 6.07. The molecule has 1 aliphatic heterocycles. The van der Waals surface area contributed by atoms with Crippen molar-refractivity contribution < 1.29 is 17.9 Å². The molecule has 0 amide bonds. The lowest BCUT2D eigenvalue weighted by molar-refractivity contribution is 0.0730. The van der Waals surface area contributed by atoms with E-state index in [0.29, 0.717) is 37.0 Å². The third kappa shape index (κ3) is 4.12. The van der Waals surface area contributed by atoms with Crippen LogP contribution in [0.15, 0.2) is 29.2 Å². The Kier molecular flexibility index (Phi) is 5.71. The number of rotatable bonds is 6. The molecule has 2 heterocycles. The number of hydrogen-bond acceptors (Lipinski definition) is 7. The number of benzene rings is 1. The normalized spacial score (nSPS) is 15.8. The highest BCUT2D eigenvalue weighted by atomic mass is 32.2. The Morgan fingerprint density at radius 3 is 2.46 bits per heavy atom. The van der Waals surface area contributed by atoms with E-state index in [-0.39, 0.29) is 17.2 Å². The molecule has 0 atom stereocenters. The molecule has 1 aromatic heterocycles. The number of hydrogen-bond donors (Lipinski definition) is 1. The molecule has 1 N–H and O–H groups in total. The predicted octanol–water partition coefficient (Wildman–Crippen LogP) is 2.08. The van der Waals surface area contributed by atoms with E-state index in [1.165, 1.54) is 27.8 Å². The molecule has 0 aliphatic carbocycles. The maximum Gasteiger partial charge on any atom is 0.243 e. The van der Waals surface area contributed by atoms with Crippen LogP contribution in [-0.2, 0) is 14.8 Å². The first-order valence-corrected chi connectivity index (χ1v) is 10.5. The largest absolute Gasteiger partial charge is 0.379 e. The van der Waals surface area contributed by atoms with Crippen LogP contribution in [0.4, 0.5) is 5.13 Å². The van der Waals surface area contributed by atoms with Gasteiger partial charge in [-0.15, -0.1) is 11.3 Å².